The van der Waals surface area contributed by atoms with Gasteiger partial charge < -0.3 is 30.5 Å². The van der Waals surface area contributed by atoms with Crippen LogP contribution in [0.15, 0.2) is 0 Å². The third kappa shape index (κ3) is 4.34. The van der Waals surface area contributed by atoms with Crippen LogP contribution in [-0.2, 0) is 9.59 Å². The van der Waals surface area contributed by atoms with Gasteiger partial charge in [0.2, 0.25) is 5.91 Å². The Hall–Kier alpha value is -1.02. The van der Waals surface area contributed by atoms with Crippen molar-refractivity contribution in [1.82, 2.24) is 5.32 Å². The topological polar surface area (TPSA) is 127 Å². The summed E-state index contributed by atoms with van der Waals surface area (Å²) in [5, 5.41) is 38.3. The van der Waals surface area contributed by atoms with E-state index in [0.717, 1.165) is 6.92 Å². The van der Waals surface area contributed by atoms with E-state index in [0.29, 0.717) is 0 Å². The number of aliphatic hydroxyl groups is 4. The summed E-state index contributed by atoms with van der Waals surface area (Å²) < 4.78 is 0. The molecular formula is C8H15NO6. The molecule has 88 valence electrons. The molecule has 7 nitrogen and oxygen atoms in total. The van der Waals surface area contributed by atoms with Crippen LogP contribution in [0.1, 0.15) is 6.92 Å². The second-order valence-corrected chi connectivity index (χ2v) is 3.09. The Labute approximate surface area is 86.3 Å². The van der Waals surface area contributed by atoms with Gasteiger partial charge in [0.1, 0.15) is 18.3 Å². The minimum absolute atomic E-state index is 0.119. The number of amides is 1. The van der Waals surface area contributed by atoms with Crippen molar-refractivity contribution in [3.63, 3.8) is 0 Å². The van der Waals surface area contributed by atoms with Crippen LogP contribution in [0.3, 0.4) is 0 Å². The molecule has 0 aliphatic carbocycles. The first kappa shape index (κ1) is 14.0. The van der Waals surface area contributed by atoms with Gasteiger partial charge in [0.05, 0.1) is 12.6 Å². The van der Waals surface area contributed by atoms with E-state index in [4.69, 9.17) is 15.3 Å². The highest BCUT2D eigenvalue weighted by Crippen LogP contribution is 2.04. The fourth-order valence-electron chi connectivity index (χ4n) is 1.04. The van der Waals surface area contributed by atoms with Gasteiger partial charge in [-0.15, -0.1) is 0 Å². The zero-order chi connectivity index (χ0) is 12.0. The van der Waals surface area contributed by atoms with Crippen molar-refractivity contribution in [2.75, 3.05) is 6.61 Å². The van der Waals surface area contributed by atoms with Crippen molar-refractivity contribution in [3.05, 3.63) is 0 Å². The number of aldehydes is 1. The zero-order valence-corrected chi connectivity index (χ0v) is 8.20. The van der Waals surface area contributed by atoms with E-state index >= 15 is 0 Å². The molecule has 15 heavy (non-hydrogen) atoms. The van der Waals surface area contributed by atoms with Crippen LogP contribution < -0.4 is 5.32 Å². The van der Waals surface area contributed by atoms with Gasteiger partial charge in [0.25, 0.3) is 0 Å². The first-order chi connectivity index (χ1) is 6.93. The summed E-state index contributed by atoms with van der Waals surface area (Å²) in [5.74, 6) is -0.579. The monoisotopic (exact) mass is 221 g/mol. The van der Waals surface area contributed by atoms with Crippen molar-refractivity contribution in [3.8, 4) is 0 Å². The molecule has 0 fully saturated rings. The maximum Gasteiger partial charge on any atom is 0.217 e. The van der Waals surface area contributed by atoms with E-state index in [1.165, 1.54) is 0 Å². The van der Waals surface area contributed by atoms with E-state index in [1.807, 2.05) is 0 Å². The summed E-state index contributed by atoms with van der Waals surface area (Å²) in [7, 11) is 0. The van der Waals surface area contributed by atoms with Crippen molar-refractivity contribution in [1.29, 1.82) is 0 Å². The highest BCUT2D eigenvalue weighted by molar-refractivity contribution is 5.74. The number of aliphatic hydroxyl groups excluding tert-OH is 4. The molecule has 0 rings (SSSR count). The second kappa shape index (κ2) is 6.46. The lowest BCUT2D eigenvalue weighted by atomic mass is 10.0. The molecule has 0 aromatic carbocycles. The molecule has 0 bridgehead atoms. The lowest BCUT2D eigenvalue weighted by Gasteiger charge is -2.27. The Morgan fingerprint density at radius 3 is 2.27 bits per heavy atom. The molecular weight excluding hydrogens is 206 g/mol. The Morgan fingerprint density at radius 2 is 1.93 bits per heavy atom. The molecule has 0 aromatic rings. The molecule has 1 amide bonds. The molecule has 0 aliphatic rings. The largest absolute Gasteiger partial charge is 0.394 e. The van der Waals surface area contributed by atoms with Crippen LogP contribution in [0.25, 0.3) is 0 Å². The molecule has 0 spiro atoms. The van der Waals surface area contributed by atoms with Gasteiger partial charge in [-0.05, 0) is 0 Å². The third-order valence-corrected chi connectivity index (χ3v) is 1.83. The van der Waals surface area contributed by atoms with Crippen molar-refractivity contribution in [2.45, 2.75) is 31.3 Å². The van der Waals surface area contributed by atoms with Gasteiger partial charge in [-0.2, -0.15) is 0 Å². The van der Waals surface area contributed by atoms with E-state index < -0.39 is 36.9 Å². The van der Waals surface area contributed by atoms with Crippen molar-refractivity contribution >= 4 is 12.2 Å². The highest BCUT2D eigenvalue weighted by Gasteiger charge is 2.32. The van der Waals surface area contributed by atoms with Crippen LogP contribution in [0, 0.1) is 0 Å². The normalized spacial score (nSPS) is 18.7. The van der Waals surface area contributed by atoms with Crippen molar-refractivity contribution < 1.29 is 30.0 Å². The minimum atomic E-state index is -1.65. The molecule has 0 saturated heterocycles. The summed E-state index contributed by atoms with van der Waals surface area (Å²) in [5.41, 5.74) is 0. The average Bonchev–Trinajstić information content (AvgIpc) is 2.22. The predicted octanol–water partition coefficient (Wildman–Crippen LogP) is -3.24. The van der Waals surface area contributed by atoms with Gasteiger partial charge in [-0.1, -0.05) is 0 Å². The number of carbonyl (C=O) groups is 2. The van der Waals surface area contributed by atoms with Gasteiger partial charge >= 0.3 is 0 Å². The Morgan fingerprint density at radius 1 is 1.40 bits per heavy atom. The molecule has 0 heterocycles. The van der Waals surface area contributed by atoms with Gasteiger partial charge in [0, 0.05) is 6.92 Å². The number of nitrogens with one attached hydrogen (secondary N) is 1. The van der Waals surface area contributed by atoms with Crippen molar-refractivity contribution in [2.24, 2.45) is 0 Å². The van der Waals surface area contributed by atoms with E-state index in [1.54, 1.807) is 0 Å². The number of hydrogen-bond acceptors (Lipinski definition) is 6. The molecule has 0 aliphatic heterocycles. The lowest BCUT2D eigenvalue weighted by molar-refractivity contribution is -0.128. The zero-order valence-electron chi connectivity index (χ0n) is 8.20. The van der Waals surface area contributed by atoms with Crippen LogP contribution in [0.5, 0.6) is 0 Å². The number of carbonyl (C=O) groups excluding carboxylic acids is 2. The Balaban J connectivity index is 4.60. The molecule has 4 atom stereocenters. The minimum Gasteiger partial charge on any atom is -0.394 e. The van der Waals surface area contributed by atoms with Gasteiger partial charge in [-0.25, -0.2) is 0 Å². The molecule has 0 unspecified atom stereocenters. The first-order valence-electron chi connectivity index (χ1n) is 4.31. The van der Waals surface area contributed by atoms with Gasteiger partial charge in [-0.3, -0.25) is 4.79 Å². The second-order valence-electron chi connectivity index (χ2n) is 3.09. The average molecular weight is 221 g/mol. The fraction of sp³-hybridized carbons (Fsp3) is 0.750. The fourth-order valence-corrected chi connectivity index (χ4v) is 1.04. The van der Waals surface area contributed by atoms with Crippen LogP contribution in [0.2, 0.25) is 0 Å². The highest BCUT2D eigenvalue weighted by atomic mass is 16.4. The quantitative estimate of drug-likeness (QED) is 0.300. The maximum absolute atomic E-state index is 10.7. The maximum atomic E-state index is 10.7. The van der Waals surface area contributed by atoms with E-state index in [9.17, 15) is 14.7 Å². The summed E-state index contributed by atoms with van der Waals surface area (Å²) in [6, 6.07) is -1.35. The lowest BCUT2D eigenvalue weighted by Crippen LogP contribution is -2.55. The Kier molecular flexibility index (Phi) is 6.02. The number of rotatable bonds is 6. The standard InChI is InChI=1S/C8H15NO6/c1-4(12)9-7(5(13)2-10)8(15)6(14)3-11/h2,5-8,11,13-15H,3H2,1H3,(H,9,12)/t5-,6-,7+,8-/m1/s1. The van der Waals surface area contributed by atoms with E-state index in [-0.39, 0.29) is 6.29 Å². The SMILES string of the molecule is CC(=O)N[C@H]([C@H](O)[C@H](O)CO)[C@H](O)C=O. The number of hydrogen-bond donors (Lipinski definition) is 5. The predicted molar refractivity (Wildman–Crippen MR) is 48.8 cm³/mol. The summed E-state index contributed by atoms with van der Waals surface area (Å²) >= 11 is 0. The molecule has 5 N–H and O–H groups in total. The Bertz CT molecular complexity index is 221. The van der Waals surface area contributed by atoms with E-state index in [2.05, 4.69) is 5.32 Å². The van der Waals surface area contributed by atoms with Gasteiger partial charge in [0.15, 0.2) is 6.29 Å². The van der Waals surface area contributed by atoms with Crippen LogP contribution in [-0.4, -0.2) is 63.6 Å². The molecule has 0 aromatic heterocycles. The smallest absolute Gasteiger partial charge is 0.217 e. The first-order valence-corrected chi connectivity index (χ1v) is 4.31. The summed E-state index contributed by atoms with van der Waals surface area (Å²) in [4.78, 5) is 21.0. The summed E-state index contributed by atoms with van der Waals surface area (Å²) in [6.45, 7) is 0.380. The summed E-state index contributed by atoms with van der Waals surface area (Å²) in [6.07, 6.45) is -4.70. The molecule has 0 saturated carbocycles. The molecule has 7 heteroatoms. The van der Waals surface area contributed by atoms with Crippen LogP contribution >= 0.6 is 0 Å². The molecule has 0 radical (unpaired) electrons. The van der Waals surface area contributed by atoms with Crippen LogP contribution in [0.4, 0.5) is 0 Å². The third-order valence-electron chi connectivity index (χ3n) is 1.83.